The van der Waals surface area contributed by atoms with E-state index in [0.29, 0.717) is 45.0 Å². The Morgan fingerprint density at radius 1 is 1.00 bits per heavy atom. The number of carbonyl (C=O) groups excluding carboxylic acids is 2. The standard InChI is InChI=1S/C28H34N4O6S/c1-3-27(33)32-16-14-31(15-17-32)26(28(34)30-35)18-29-39(36,37)23-12-10-22(11-13-23)38-19-25-20(2)8-9-21-6-4-5-7-24(21)25/h4-13,26,29,35H,3,14-19H2,1-2H3,(H,30,34)/t26-/m0/s1. The molecule has 1 saturated heterocycles. The van der Waals surface area contributed by atoms with Crippen LogP contribution in [0.25, 0.3) is 10.8 Å². The summed E-state index contributed by atoms with van der Waals surface area (Å²) in [6.07, 6.45) is 0.396. The lowest BCUT2D eigenvalue weighted by atomic mass is 10.0. The summed E-state index contributed by atoms with van der Waals surface area (Å²) in [5.74, 6) is -0.169. The van der Waals surface area contributed by atoms with Crippen molar-refractivity contribution in [3.05, 3.63) is 71.8 Å². The van der Waals surface area contributed by atoms with Crippen molar-refractivity contribution >= 4 is 32.6 Å². The van der Waals surface area contributed by atoms with Crippen LogP contribution in [0.2, 0.25) is 0 Å². The Balaban J connectivity index is 1.38. The first-order valence-corrected chi connectivity index (χ1v) is 14.4. The van der Waals surface area contributed by atoms with Gasteiger partial charge in [0.1, 0.15) is 18.4 Å². The zero-order valence-electron chi connectivity index (χ0n) is 22.1. The van der Waals surface area contributed by atoms with Gasteiger partial charge in [0.05, 0.1) is 4.90 Å². The second kappa shape index (κ2) is 12.6. The van der Waals surface area contributed by atoms with Gasteiger partial charge in [-0.2, -0.15) is 0 Å². The number of amides is 2. The fraction of sp³-hybridized carbons (Fsp3) is 0.357. The molecule has 0 aliphatic carbocycles. The van der Waals surface area contributed by atoms with Crippen LogP contribution in [0.1, 0.15) is 24.5 Å². The second-order valence-electron chi connectivity index (χ2n) is 9.46. The Hall–Kier alpha value is -3.51. The first-order valence-electron chi connectivity index (χ1n) is 12.9. The number of fused-ring (bicyclic) bond motifs is 1. The number of benzene rings is 3. The van der Waals surface area contributed by atoms with E-state index in [4.69, 9.17) is 4.74 Å². The van der Waals surface area contributed by atoms with Gasteiger partial charge in [-0.1, -0.05) is 43.3 Å². The molecule has 0 spiro atoms. The zero-order chi connectivity index (χ0) is 28.0. The minimum atomic E-state index is -3.94. The summed E-state index contributed by atoms with van der Waals surface area (Å²) in [7, 11) is -3.94. The molecule has 10 nitrogen and oxygen atoms in total. The Labute approximate surface area is 228 Å². The molecule has 0 unspecified atom stereocenters. The summed E-state index contributed by atoms with van der Waals surface area (Å²) >= 11 is 0. The molecule has 208 valence electrons. The number of nitrogens with zero attached hydrogens (tertiary/aromatic N) is 2. The summed E-state index contributed by atoms with van der Waals surface area (Å²) in [6, 6.07) is 17.4. The first-order chi connectivity index (χ1) is 18.7. The number of ether oxygens (including phenoxy) is 1. The predicted octanol–water partition coefficient (Wildman–Crippen LogP) is 2.43. The van der Waals surface area contributed by atoms with Crippen LogP contribution in [-0.4, -0.2) is 74.0 Å². The van der Waals surface area contributed by atoms with Gasteiger partial charge in [0, 0.05) is 44.7 Å². The molecule has 3 aromatic rings. The van der Waals surface area contributed by atoms with Gasteiger partial charge in [0.2, 0.25) is 15.9 Å². The lowest BCUT2D eigenvalue weighted by molar-refractivity contribution is -0.137. The van der Waals surface area contributed by atoms with Crippen molar-refractivity contribution in [2.24, 2.45) is 0 Å². The third kappa shape index (κ3) is 6.74. The molecule has 1 heterocycles. The van der Waals surface area contributed by atoms with Crippen molar-refractivity contribution in [1.82, 2.24) is 20.0 Å². The molecule has 11 heteroatoms. The van der Waals surface area contributed by atoms with Gasteiger partial charge in [-0.25, -0.2) is 18.6 Å². The molecular formula is C28H34N4O6S. The normalized spacial score (nSPS) is 15.2. The number of piperazine rings is 1. The average Bonchev–Trinajstić information content (AvgIpc) is 2.96. The molecule has 1 aliphatic rings. The van der Waals surface area contributed by atoms with Crippen LogP contribution in [0.3, 0.4) is 0 Å². The van der Waals surface area contributed by atoms with Gasteiger partial charge in [0.25, 0.3) is 5.91 Å². The molecule has 3 N–H and O–H groups in total. The summed E-state index contributed by atoms with van der Waals surface area (Å²) in [4.78, 5) is 27.8. The molecule has 2 amide bonds. The number of rotatable bonds is 10. The highest BCUT2D eigenvalue weighted by Gasteiger charge is 2.31. The van der Waals surface area contributed by atoms with Crippen LogP contribution in [0, 0.1) is 6.92 Å². The van der Waals surface area contributed by atoms with Crippen molar-refractivity contribution in [1.29, 1.82) is 0 Å². The van der Waals surface area contributed by atoms with Crippen molar-refractivity contribution in [2.45, 2.75) is 37.8 Å². The van der Waals surface area contributed by atoms with E-state index < -0.39 is 22.0 Å². The Kier molecular flexibility index (Phi) is 9.18. The van der Waals surface area contributed by atoms with Crippen LogP contribution in [0.5, 0.6) is 5.75 Å². The molecule has 1 aliphatic heterocycles. The number of carbonyl (C=O) groups is 2. The summed E-state index contributed by atoms with van der Waals surface area (Å²) in [5, 5.41) is 11.5. The SMILES string of the molecule is CCC(=O)N1CCN([C@@H](CNS(=O)(=O)c2ccc(OCc3c(C)ccc4ccccc34)cc2)C(=O)NO)CC1. The van der Waals surface area contributed by atoms with Crippen molar-refractivity contribution in [3.63, 3.8) is 0 Å². The van der Waals surface area contributed by atoms with Crippen LogP contribution < -0.4 is 14.9 Å². The lowest BCUT2D eigenvalue weighted by Crippen LogP contribution is -2.58. The zero-order valence-corrected chi connectivity index (χ0v) is 22.9. The number of hydrogen-bond donors (Lipinski definition) is 3. The van der Waals surface area contributed by atoms with Gasteiger partial charge in [-0.05, 0) is 47.5 Å². The maximum atomic E-state index is 13.0. The Morgan fingerprint density at radius 3 is 2.36 bits per heavy atom. The lowest BCUT2D eigenvalue weighted by Gasteiger charge is -2.38. The Bertz CT molecular complexity index is 1420. The molecule has 1 atom stereocenters. The highest BCUT2D eigenvalue weighted by molar-refractivity contribution is 7.89. The number of aryl methyl sites for hydroxylation is 1. The summed E-state index contributed by atoms with van der Waals surface area (Å²) in [5.41, 5.74) is 3.80. The number of sulfonamides is 1. The number of hydroxylamine groups is 1. The molecule has 39 heavy (non-hydrogen) atoms. The van der Waals surface area contributed by atoms with Gasteiger partial charge in [0.15, 0.2) is 0 Å². The van der Waals surface area contributed by atoms with E-state index in [2.05, 4.69) is 22.9 Å². The largest absolute Gasteiger partial charge is 0.489 e. The van der Waals surface area contributed by atoms with E-state index >= 15 is 0 Å². The van der Waals surface area contributed by atoms with E-state index in [1.54, 1.807) is 34.3 Å². The smallest absolute Gasteiger partial charge is 0.262 e. The molecule has 0 aromatic heterocycles. The number of nitrogens with one attached hydrogen (secondary N) is 2. The van der Waals surface area contributed by atoms with Crippen LogP contribution in [0.4, 0.5) is 0 Å². The fourth-order valence-electron chi connectivity index (χ4n) is 4.75. The van der Waals surface area contributed by atoms with Crippen LogP contribution in [-0.2, 0) is 26.2 Å². The van der Waals surface area contributed by atoms with Crippen LogP contribution >= 0.6 is 0 Å². The monoisotopic (exact) mass is 554 g/mol. The van der Waals surface area contributed by atoms with Gasteiger partial charge < -0.3 is 9.64 Å². The van der Waals surface area contributed by atoms with Crippen molar-refractivity contribution in [3.8, 4) is 5.75 Å². The number of hydrogen-bond acceptors (Lipinski definition) is 7. The quantitative estimate of drug-likeness (QED) is 0.259. The third-order valence-electron chi connectivity index (χ3n) is 7.08. The van der Waals surface area contributed by atoms with Crippen molar-refractivity contribution in [2.75, 3.05) is 32.7 Å². The molecule has 4 rings (SSSR count). The minimum absolute atomic E-state index is 0.0257. The molecular weight excluding hydrogens is 520 g/mol. The van der Waals surface area contributed by atoms with E-state index in [9.17, 15) is 23.2 Å². The summed E-state index contributed by atoms with van der Waals surface area (Å²) < 4.78 is 34.4. The van der Waals surface area contributed by atoms with E-state index in [0.717, 1.165) is 21.9 Å². The third-order valence-corrected chi connectivity index (χ3v) is 8.52. The average molecular weight is 555 g/mol. The van der Waals surface area contributed by atoms with Crippen molar-refractivity contribution < 1.29 is 28.0 Å². The Morgan fingerprint density at radius 2 is 1.69 bits per heavy atom. The summed E-state index contributed by atoms with van der Waals surface area (Å²) in [6.45, 7) is 5.53. The predicted molar refractivity (Wildman–Crippen MR) is 147 cm³/mol. The molecule has 1 fully saturated rings. The highest BCUT2D eigenvalue weighted by Crippen LogP contribution is 2.24. The minimum Gasteiger partial charge on any atom is -0.489 e. The topological polar surface area (TPSA) is 128 Å². The van der Waals surface area contributed by atoms with Crippen LogP contribution in [0.15, 0.2) is 65.6 Å². The molecule has 0 saturated carbocycles. The first kappa shape index (κ1) is 28.5. The van der Waals surface area contributed by atoms with E-state index in [1.807, 2.05) is 25.1 Å². The molecule has 3 aromatic carbocycles. The second-order valence-corrected chi connectivity index (χ2v) is 11.2. The molecule has 0 radical (unpaired) electrons. The maximum Gasteiger partial charge on any atom is 0.262 e. The molecule has 0 bridgehead atoms. The van der Waals surface area contributed by atoms with Gasteiger partial charge in [-0.15, -0.1) is 0 Å². The van der Waals surface area contributed by atoms with E-state index in [1.165, 1.54) is 12.1 Å². The van der Waals surface area contributed by atoms with Gasteiger partial charge in [-0.3, -0.25) is 19.7 Å². The fourth-order valence-corrected chi connectivity index (χ4v) is 5.79. The highest BCUT2D eigenvalue weighted by atomic mass is 32.2. The van der Waals surface area contributed by atoms with E-state index in [-0.39, 0.29) is 17.3 Å². The maximum absolute atomic E-state index is 13.0. The van der Waals surface area contributed by atoms with Gasteiger partial charge >= 0.3 is 0 Å².